The number of ether oxygens (including phenoxy) is 1. The summed E-state index contributed by atoms with van der Waals surface area (Å²) in [6.07, 6.45) is 0.0957. The normalized spacial score (nSPS) is 11.9. The van der Waals surface area contributed by atoms with Crippen LogP contribution >= 0.6 is 11.6 Å². The van der Waals surface area contributed by atoms with Crippen LogP contribution in [-0.2, 0) is 0 Å². The largest absolute Gasteiger partial charge is 0.495 e. The summed E-state index contributed by atoms with van der Waals surface area (Å²) in [6.45, 7) is 4.02. The van der Waals surface area contributed by atoms with Crippen LogP contribution in [0.15, 0.2) is 12.1 Å². The van der Waals surface area contributed by atoms with Crippen LogP contribution in [-0.4, -0.2) is 42.8 Å². The quantitative estimate of drug-likeness (QED) is 0.879. The lowest BCUT2D eigenvalue weighted by molar-refractivity contribution is 0.167. The van der Waals surface area contributed by atoms with Crippen LogP contribution in [0.25, 0.3) is 0 Å². The van der Waals surface area contributed by atoms with Gasteiger partial charge in [-0.25, -0.2) is 4.79 Å². The number of urea groups is 1. The number of carbonyl (C=O) groups excluding carboxylic acids is 1. The molecule has 0 aliphatic rings. The van der Waals surface area contributed by atoms with Crippen molar-refractivity contribution < 1.29 is 14.6 Å². The molecule has 0 saturated carbocycles. The third-order valence-corrected chi connectivity index (χ3v) is 3.36. The Morgan fingerprint density at radius 3 is 2.75 bits per heavy atom. The summed E-state index contributed by atoms with van der Waals surface area (Å²) in [5.74, 6) is 0.512. The highest BCUT2D eigenvalue weighted by molar-refractivity contribution is 6.31. The van der Waals surface area contributed by atoms with Crippen LogP contribution in [0.2, 0.25) is 5.02 Å². The second-order valence-electron chi connectivity index (χ2n) is 4.79. The number of aliphatic hydroxyl groups excluding tert-OH is 1. The molecular formula is C14H21ClN2O3. The molecule has 0 aliphatic carbocycles. The second-order valence-corrected chi connectivity index (χ2v) is 5.20. The van der Waals surface area contributed by atoms with Gasteiger partial charge in [0, 0.05) is 24.7 Å². The van der Waals surface area contributed by atoms with Gasteiger partial charge in [0.15, 0.2) is 0 Å². The minimum absolute atomic E-state index is 0.259. The standard InChI is InChI=1S/C14H21ClN2O3/c1-9-7-12(13(20-4)8-11(9)15)16-14(19)17(3)6-5-10(2)18/h7-8,10,18H,5-6H2,1-4H3,(H,16,19). The first-order valence-corrected chi connectivity index (χ1v) is 6.77. The predicted molar refractivity (Wildman–Crippen MR) is 80.7 cm³/mol. The van der Waals surface area contributed by atoms with Gasteiger partial charge >= 0.3 is 6.03 Å². The predicted octanol–water partition coefficient (Wildman–Crippen LogP) is 2.89. The minimum atomic E-state index is -0.433. The molecule has 0 fully saturated rings. The van der Waals surface area contributed by atoms with Crippen molar-refractivity contribution in [2.45, 2.75) is 26.4 Å². The van der Waals surface area contributed by atoms with Crippen LogP contribution in [0.4, 0.5) is 10.5 Å². The average molecular weight is 301 g/mol. The van der Waals surface area contributed by atoms with Crippen molar-refractivity contribution in [3.63, 3.8) is 0 Å². The number of nitrogens with one attached hydrogen (secondary N) is 1. The zero-order chi connectivity index (χ0) is 15.3. The molecule has 1 aromatic carbocycles. The Balaban J connectivity index is 2.77. The molecule has 1 atom stereocenters. The van der Waals surface area contributed by atoms with E-state index >= 15 is 0 Å². The van der Waals surface area contributed by atoms with Gasteiger partial charge in [0.2, 0.25) is 0 Å². The molecule has 0 aromatic heterocycles. The van der Waals surface area contributed by atoms with E-state index in [-0.39, 0.29) is 6.03 Å². The molecule has 0 bridgehead atoms. The number of aryl methyl sites for hydroxylation is 1. The maximum atomic E-state index is 12.0. The van der Waals surface area contributed by atoms with Gasteiger partial charge in [-0.05, 0) is 31.9 Å². The number of methoxy groups -OCH3 is 1. The number of aliphatic hydroxyl groups is 1. The van der Waals surface area contributed by atoms with Crippen LogP contribution < -0.4 is 10.1 Å². The van der Waals surface area contributed by atoms with E-state index in [4.69, 9.17) is 16.3 Å². The average Bonchev–Trinajstić information content (AvgIpc) is 2.39. The van der Waals surface area contributed by atoms with Crippen molar-refractivity contribution >= 4 is 23.3 Å². The first kappa shape index (κ1) is 16.6. The van der Waals surface area contributed by atoms with Crippen LogP contribution in [0.5, 0.6) is 5.75 Å². The van der Waals surface area contributed by atoms with E-state index in [0.29, 0.717) is 29.4 Å². The van der Waals surface area contributed by atoms with E-state index in [1.165, 1.54) is 12.0 Å². The van der Waals surface area contributed by atoms with Crippen LogP contribution in [0.3, 0.4) is 0 Å². The molecular weight excluding hydrogens is 280 g/mol. The van der Waals surface area contributed by atoms with Crippen molar-refractivity contribution in [1.82, 2.24) is 4.90 Å². The topological polar surface area (TPSA) is 61.8 Å². The van der Waals surface area contributed by atoms with Crippen molar-refractivity contribution in [2.24, 2.45) is 0 Å². The number of amides is 2. The monoisotopic (exact) mass is 300 g/mol. The first-order valence-electron chi connectivity index (χ1n) is 6.39. The van der Waals surface area contributed by atoms with Gasteiger partial charge in [-0.2, -0.15) is 0 Å². The van der Waals surface area contributed by atoms with E-state index in [1.807, 2.05) is 6.92 Å². The zero-order valence-corrected chi connectivity index (χ0v) is 13.0. The fourth-order valence-corrected chi connectivity index (χ4v) is 1.78. The highest BCUT2D eigenvalue weighted by Gasteiger charge is 2.13. The number of anilines is 1. The van der Waals surface area contributed by atoms with E-state index in [2.05, 4.69) is 5.32 Å². The number of halogens is 1. The molecule has 1 aromatic rings. The molecule has 2 N–H and O–H groups in total. The number of hydrogen-bond donors (Lipinski definition) is 2. The molecule has 20 heavy (non-hydrogen) atoms. The Kier molecular flexibility index (Phi) is 6.10. The van der Waals surface area contributed by atoms with Gasteiger partial charge in [-0.1, -0.05) is 11.6 Å². The third kappa shape index (κ3) is 4.58. The fourth-order valence-electron chi connectivity index (χ4n) is 1.62. The highest BCUT2D eigenvalue weighted by atomic mass is 35.5. The summed E-state index contributed by atoms with van der Waals surface area (Å²) in [7, 11) is 3.20. The minimum Gasteiger partial charge on any atom is -0.495 e. The van der Waals surface area contributed by atoms with Crippen molar-refractivity contribution in [3.05, 3.63) is 22.7 Å². The van der Waals surface area contributed by atoms with Gasteiger partial charge in [0.1, 0.15) is 5.75 Å². The molecule has 1 rings (SSSR count). The Labute approximate surface area is 124 Å². The lowest BCUT2D eigenvalue weighted by atomic mass is 10.2. The Morgan fingerprint density at radius 2 is 2.20 bits per heavy atom. The van der Waals surface area contributed by atoms with Gasteiger partial charge < -0.3 is 20.1 Å². The fraction of sp³-hybridized carbons (Fsp3) is 0.500. The molecule has 6 heteroatoms. The number of carbonyl (C=O) groups is 1. The van der Waals surface area contributed by atoms with Gasteiger partial charge in [0.25, 0.3) is 0 Å². The SMILES string of the molecule is COc1cc(Cl)c(C)cc1NC(=O)N(C)CCC(C)O. The first-order chi connectivity index (χ1) is 9.35. The molecule has 5 nitrogen and oxygen atoms in total. The summed E-state index contributed by atoms with van der Waals surface area (Å²) < 4.78 is 5.20. The summed E-state index contributed by atoms with van der Waals surface area (Å²) in [6, 6.07) is 3.18. The zero-order valence-electron chi connectivity index (χ0n) is 12.2. The van der Waals surface area contributed by atoms with E-state index in [0.717, 1.165) is 5.56 Å². The van der Waals surface area contributed by atoms with Crippen molar-refractivity contribution in [2.75, 3.05) is 26.0 Å². The third-order valence-electron chi connectivity index (χ3n) is 2.95. The van der Waals surface area contributed by atoms with Gasteiger partial charge in [-0.3, -0.25) is 0 Å². The van der Waals surface area contributed by atoms with Gasteiger partial charge in [0.05, 0.1) is 18.9 Å². The van der Waals surface area contributed by atoms with Crippen LogP contribution in [0.1, 0.15) is 18.9 Å². The van der Waals surface area contributed by atoms with Crippen molar-refractivity contribution in [1.29, 1.82) is 0 Å². The lowest BCUT2D eigenvalue weighted by Crippen LogP contribution is -2.33. The summed E-state index contributed by atoms with van der Waals surface area (Å²) in [4.78, 5) is 13.5. The molecule has 0 heterocycles. The summed E-state index contributed by atoms with van der Waals surface area (Å²) in [5, 5.41) is 12.6. The molecule has 0 spiro atoms. The number of hydrogen-bond acceptors (Lipinski definition) is 3. The maximum absolute atomic E-state index is 12.0. The number of rotatable bonds is 5. The Hall–Kier alpha value is -1.46. The molecule has 0 saturated heterocycles. The molecule has 0 radical (unpaired) electrons. The Morgan fingerprint density at radius 1 is 1.55 bits per heavy atom. The van der Waals surface area contributed by atoms with Crippen LogP contribution in [0, 0.1) is 6.92 Å². The van der Waals surface area contributed by atoms with E-state index in [1.54, 1.807) is 26.1 Å². The lowest BCUT2D eigenvalue weighted by Gasteiger charge is -2.20. The summed E-state index contributed by atoms with van der Waals surface area (Å²) >= 11 is 6.02. The van der Waals surface area contributed by atoms with Crippen molar-refractivity contribution in [3.8, 4) is 5.75 Å². The maximum Gasteiger partial charge on any atom is 0.321 e. The number of nitrogens with zero attached hydrogens (tertiary/aromatic N) is 1. The number of benzene rings is 1. The summed E-state index contributed by atoms with van der Waals surface area (Å²) in [5.41, 5.74) is 1.43. The van der Waals surface area contributed by atoms with E-state index < -0.39 is 6.10 Å². The van der Waals surface area contributed by atoms with Gasteiger partial charge in [-0.15, -0.1) is 0 Å². The highest BCUT2D eigenvalue weighted by Crippen LogP contribution is 2.31. The molecule has 0 aliphatic heterocycles. The molecule has 112 valence electrons. The Bertz CT molecular complexity index is 478. The van der Waals surface area contributed by atoms with E-state index in [9.17, 15) is 9.90 Å². The molecule has 2 amide bonds. The molecule has 1 unspecified atom stereocenters. The second kappa shape index (κ2) is 7.36. The smallest absolute Gasteiger partial charge is 0.321 e.